The van der Waals surface area contributed by atoms with Crippen molar-refractivity contribution in [3.05, 3.63) is 18.5 Å². The Morgan fingerprint density at radius 1 is 1.37 bits per heavy atom. The minimum Gasteiger partial charge on any atom is -0.380 e. The van der Waals surface area contributed by atoms with E-state index >= 15 is 0 Å². The van der Waals surface area contributed by atoms with Gasteiger partial charge in [0.15, 0.2) is 5.65 Å². The molecule has 1 atom stereocenters. The van der Waals surface area contributed by atoms with Crippen LogP contribution in [0.5, 0.6) is 0 Å². The van der Waals surface area contributed by atoms with Crippen LogP contribution in [0.25, 0.3) is 11.0 Å². The van der Waals surface area contributed by atoms with E-state index in [9.17, 15) is 0 Å². The van der Waals surface area contributed by atoms with Crippen LogP contribution in [0.3, 0.4) is 0 Å². The predicted octanol–water partition coefficient (Wildman–Crippen LogP) is 2.13. The zero-order chi connectivity index (χ0) is 13.4. The zero-order valence-electron chi connectivity index (χ0n) is 11.8. The van der Waals surface area contributed by atoms with Gasteiger partial charge in [0.25, 0.3) is 0 Å². The monoisotopic (exact) mass is 259 g/mol. The van der Waals surface area contributed by atoms with Crippen molar-refractivity contribution < 1.29 is 0 Å². The third kappa shape index (κ3) is 2.42. The summed E-state index contributed by atoms with van der Waals surface area (Å²) in [6, 6.07) is 3.02. The minimum atomic E-state index is 0.340. The Bertz CT molecular complexity index is 574. The van der Waals surface area contributed by atoms with Crippen molar-refractivity contribution in [3.63, 3.8) is 0 Å². The highest BCUT2D eigenvalue weighted by Gasteiger charge is 2.19. The molecular formula is C14H21N5. The highest BCUT2D eigenvalue weighted by atomic mass is 15.3. The second kappa shape index (κ2) is 4.81. The maximum absolute atomic E-state index is 4.55. The van der Waals surface area contributed by atoms with E-state index in [4.69, 9.17) is 0 Å². The molecule has 0 bridgehead atoms. The number of likely N-dealkylation sites (N-methyl/N-ethyl adjacent to an activating group) is 1. The van der Waals surface area contributed by atoms with Crippen molar-refractivity contribution >= 4 is 16.7 Å². The van der Waals surface area contributed by atoms with Crippen LogP contribution in [0.2, 0.25) is 0 Å². The molecule has 2 aromatic rings. The van der Waals surface area contributed by atoms with Crippen molar-refractivity contribution in [1.82, 2.24) is 19.7 Å². The van der Waals surface area contributed by atoms with E-state index < -0.39 is 0 Å². The lowest BCUT2D eigenvalue weighted by Crippen LogP contribution is -2.23. The van der Waals surface area contributed by atoms with E-state index in [2.05, 4.69) is 47.3 Å². The summed E-state index contributed by atoms with van der Waals surface area (Å²) in [7, 11) is 2.16. The molecular weight excluding hydrogens is 238 g/mol. The number of nitrogens with zero attached hydrogens (tertiary/aromatic N) is 4. The summed E-state index contributed by atoms with van der Waals surface area (Å²) in [6.45, 7) is 6.51. The van der Waals surface area contributed by atoms with Crippen molar-refractivity contribution in [2.75, 3.05) is 25.5 Å². The number of hydrogen-bond donors (Lipinski definition) is 1. The highest BCUT2D eigenvalue weighted by Crippen LogP contribution is 2.20. The molecule has 0 radical (unpaired) electrons. The van der Waals surface area contributed by atoms with Gasteiger partial charge >= 0.3 is 0 Å². The number of rotatable bonds is 3. The molecule has 0 aromatic carbocycles. The second-order valence-corrected chi connectivity index (χ2v) is 5.71. The Kier molecular flexibility index (Phi) is 3.14. The Balaban J connectivity index is 1.82. The normalized spacial score (nSPS) is 20.5. The summed E-state index contributed by atoms with van der Waals surface area (Å²) in [5, 5.41) is 9.06. The van der Waals surface area contributed by atoms with Gasteiger partial charge in [0, 0.05) is 24.0 Å². The van der Waals surface area contributed by atoms with Crippen molar-refractivity contribution in [2.45, 2.75) is 32.4 Å². The largest absolute Gasteiger partial charge is 0.380 e. The van der Waals surface area contributed by atoms with E-state index in [0.29, 0.717) is 12.1 Å². The quantitative estimate of drug-likeness (QED) is 0.917. The summed E-state index contributed by atoms with van der Waals surface area (Å²) < 4.78 is 1.96. The van der Waals surface area contributed by atoms with Crippen LogP contribution < -0.4 is 5.32 Å². The third-order valence-electron chi connectivity index (χ3n) is 3.68. The van der Waals surface area contributed by atoms with Crippen molar-refractivity contribution in [3.8, 4) is 0 Å². The van der Waals surface area contributed by atoms with Crippen LogP contribution >= 0.6 is 0 Å². The number of hydrogen-bond acceptors (Lipinski definition) is 4. The van der Waals surface area contributed by atoms with E-state index in [0.717, 1.165) is 23.3 Å². The van der Waals surface area contributed by atoms with Gasteiger partial charge < -0.3 is 10.2 Å². The Morgan fingerprint density at radius 2 is 2.21 bits per heavy atom. The van der Waals surface area contributed by atoms with E-state index in [1.54, 1.807) is 0 Å². The predicted molar refractivity (Wildman–Crippen MR) is 77.4 cm³/mol. The molecule has 3 heterocycles. The first kappa shape index (κ1) is 12.4. The molecule has 102 valence electrons. The lowest BCUT2D eigenvalue weighted by molar-refractivity contribution is 0.414. The Hall–Kier alpha value is -1.62. The molecule has 1 fully saturated rings. The van der Waals surface area contributed by atoms with Gasteiger partial charge in [-0.25, -0.2) is 9.67 Å². The average Bonchev–Trinajstić information content (AvgIpc) is 2.95. The molecule has 3 rings (SSSR count). The third-order valence-corrected chi connectivity index (χ3v) is 3.68. The maximum atomic E-state index is 4.55. The van der Waals surface area contributed by atoms with E-state index in [1.165, 1.54) is 13.0 Å². The summed E-state index contributed by atoms with van der Waals surface area (Å²) in [6.07, 6.45) is 5.01. The van der Waals surface area contributed by atoms with Gasteiger partial charge in [-0.2, -0.15) is 5.10 Å². The van der Waals surface area contributed by atoms with Gasteiger partial charge in [-0.15, -0.1) is 0 Å². The van der Waals surface area contributed by atoms with E-state index in [-0.39, 0.29) is 0 Å². The number of anilines is 1. The number of nitrogens with one attached hydrogen (secondary N) is 1. The van der Waals surface area contributed by atoms with Crippen LogP contribution in [0.4, 0.5) is 5.69 Å². The second-order valence-electron chi connectivity index (χ2n) is 5.71. The molecule has 5 heteroatoms. The molecule has 5 nitrogen and oxygen atoms in total. The molecule has 19 heavy (non-hydrogen) atoms. The number of likely N-dealkylation sites (tertiary alicyclic amines) is 1. The summed E-state index contributed by atoms with van der Waals surface area (Å²) in [5.74, 6) is 0. The lowest BCUT2D eigenvalue weighted by Gasteiger charge is -2.14. The van der Waals surface area contributed by atoms with Crippen molar-refractivity contribution in [1.29, 1.82) is 0 Å². The topological polar surface area (TPSA) is 46.0 Å². The molecule has 0 saturated carbocycles. The summed E-state index contributed by atoms with van der Waals surface area (Å²) >= 11 is 0. The molecule has 1 saturated heterocycles. The highest BCUT2D eigenvalue weighted by molar-refractivity contribution is 5.78. The zero-order valence-corrected chi connectivity index (χ0v) is 11.8. The van der Waals surface area contributed by atoms with Crippen LogP contribution in [0.15, 0.2) is 18.5 Å². The molecule has 2 aromatic heterocycles. The molecule has 1 N–H and O–H groups in total. The molecule has 1 unspecified atom stereocenters. The molecule has 0 spiro atoms. The first-order valence-corrected chi connectivity index (χ1v) is 6.92. The summed E-state index contributed by atoms with van der Waals surface area (Å²) in [4.78, 5) is 6.90. The van der Waals surface area contributed by atoms with Gasteiger partial charge in [0.05, 0.1) is 18.1 Å². The number of aromatic nitrogens is 3. The fraction of sp³-hybridized carbons (Fsp3) is 0.571. The Morgan fingerprint density at radius 3 is 2.89 bits per heavy atom. The van der Waals surface area contributed by atoms with Gasteiger partial charge in [-0.05, 0) is 39.9 Å². The summed E-state index contributed by atoms with van der Waals surface area (Å²) in [5.41, 5.74) is 2.06. The SMILES string of the molecule is CC(C)n1ncc2cc(NC3CCN(C)C3)cnc21. The van der Waals surface area contributed by atoms with Gasteiger partial charge in [0.1, 0.15) is 0 Å². The first-order chi connectivity index (χ1) is 9.13. The van der Waals surface area contributed by atoms with Gasteiger partial charge in [-0.3, -0.25) is 0 Å². The molecule has 0 aliphatic carbocycles. The van der Waals surface area contributed by atoms with E-state index in [1.807, 2.05) is 17.1 Å². The molecule has 1 aliphatic rings. The molecule has 1 aliphatic heterocycles. The van der Waals surface area contributed by atoms with Gasteiger partial charge in [0.2, 0.25) is 0 Å². The fourth-order valence-corrected chi connectivity index (χ4v) is 2.69. The van der Waals surface area contributed by atoms with Crippen molar-refractivity contribution in [2.24, 2.45) is 0 Å². The minimum absolute atomic E-state index is 0.340. The number of fused-ring (bicyclic) bond motifs is 1. The Labute approximate surface area is 113 Å². The van der Waals surface area contributed by atoms with Crippen LogP contribution in [0.1, 0.15) is 26.3 Å². The van der Waals surface area contributed by atoms with Crippen LogP contribution in [-0.2, 0) is 0 Å². The standard InChI is InChI=1S/C14H21N5/c1-10(2)19-14-11(7-16-19)6-13(8-15-14)17-12-4-5-18(3)9-12/h6-8,10,12,17H,4-5,9H2,1-3H3. The molecule has 0 amide bonds. The van der Waals surface area contributed by atoms with Crippen LogP contribution in [0, 0.1) is 0 Å². The number of pyridine rings is 1. The smallest absolute Gasteiger partial charge is 0.158 e. The van der Waals surface area contributed by atoms with Gasteiger partial charge in [-0.1, -0.05) is 0 Å². The first-order valence-electron chi connectivity index (χ1n) is 6.92. The fourth-order valence-electron chi connectivity index (χ4n) is 2.69. The average molecular weight is 259 g/mol. The lowest BCUT2D eigenvalue weighted by atomic mass is 10.2. The van der Waals surface area contributed by atoms with Crippen LogP contribution in [-0.4, -0.2) is 45.8 Å². The maximum Gasteiger partial charge on any atom is 0.158 e.